The molecule has 2 heterocycles. The molecule has 1 atom stereocenters. The van der Waals surface area contributed by atoms with Gasteiger partial charge >= 0.3 is 0 Å². The number of rotatable bonds is 3. The topological polar surface area (TPSA) is 76.7 Å². The normalized spacial score (nSPS) is 12.7. The molecule has 0 aliphatic heterocycles. The van der Waals surface area contributed by atoms with E-state index in [2.05, 4.69) is 20.4 Å². The first-order valence-electron chi connectivity index (χ1n) is 4.99. The first kappa shape index (κ1) is 10.7. The molecule has 16 heavy (non-hydrogen) atoms. The minimum atomic E-state index is -0.691. The number of hydrogen-bond acceptors (Lipinski definition) is 5. The van der Waals surface area contributed by atoms with Gasteiger partial charge in [0, 0.05) is 12.1 Å². The zero-order chi connectivity index (χ0) is 11.5. The molecule has 0 fully saturated rings. The van der Waals surface area contributed by atoms with Gasteiger partial charge in [0.05, 0.1) is 12.7 Å². The van der Waals surface area contributed by atoms with E-state index in [4.69, 9.17) is 0 Å². The Balaban J connectivity index is 2.11. The van der Waals surface area contributed by atoms with Crippen molar-refractivity contribution >= 4 is 0 Å². The van der Waals surface area contributed by atoms with Gasteiger partial charge in [-0.25, -0.2) is 0 Å². The molecule has 1 unspecified atom stereocenters. The van der Waals surface area contributed by atoms with Gasteiger partial charge in [0.1, 0.15) is 6.10 Å². The van der Waals surface area contributed by atoms with Crippen LogP contribution in [0, 0.1) is 6.92 Å². The fourth-order valence-corrected chi connectivity index (χ4v) is 1.43. The maximum Gasteiger partial charge on any atom is 0.177 e. The van der Waals surface area contributed by atoms with E-state index in [1.165, 1.54) is 4.80 Å². The van der Waals surface area contributed by atoms with Crippen LogP contribution < -0.4 is 0 Å². The van der Waals surface area contributed by atoms with Crippen molar-refractivity contribution in [2.45, 2.75) is 19.4 Å². The summed E-state index contributed by atoms with van der Waals surface area (Å²) in [4.78, 5) is 5.61. The van der Waals surface area contributed by atoms with Gasteiger partial charge in [0.15, 0.2) is 5.82 Å². The number of aliphatic hydroxyl groups is 1. The van der Waals surface area contributed by atoms with E-state index in [-0.39, 0.29) is 0 Å². The van der Waals surface area contributed by atoms with Gasteiger partial charge in [-0.2, -0.15) is 4.80 Å². The largest absolute Gasteiger partial charge is 0.386 e. The smallest absolute Gasteiger partial charge is 0.177 e. The molecule has 0 saturated carbocycles. The number of pyridine rings is 1. The van der Waals surface area contributed by atoms with E-state index in [1.807, 2.05) is 19.1 Å². The summed E-state index contributed by atoms with van der Waals surface area (Å²) in [6.07, 6.45) is -0.367. The van der Waals surface area contributed by atoms with Crippen LogP contribution in [0.2, 0.25) is 0 Å². The van der Waals surface area contributed by atoms with Crippen LogP contribution in [0.15, 0.2) is 18.2 Å². The SMILES string of the molecule is Cc1cccc(C(O)Cc2nnn(C)n2)n1. The van der Waals surface area contributed by atoms with Crippen molar-refractivity contribution in [2.75, 3.05) is 0 Å². The summed E-state index contributed by atoms with van der Waals surface area (Å²) in [6.45, 7) is 1.89. The van der Waals surface area contributed by atoms with Crippen molar-refractivity contribution in [1.29, 1.82) is 0 Å². The summed E-state index contributed by atoms with van der Waals surface area (Å²) in [7, 11) is 1.69. The van der Waals surface area contributed by atoms with E-state index in [0.717, 1.165) is 5.69 Å². The van der Waals surface area contributed by atoms with Crippen LogP contribution in [0.4, 0.5) is 0 Å². The molecule has 6 heteroatoms. The summed E-state index contributed by atoms with van der Waals surface area (Å²) in [6, 6.07) is 5.54. The molecule has 0 aliphatic rings. The minimum Gasteiger partial charge on any atom is -0.386 e. The summed E-state index contributed by atoms with van der Waals surface area (Å²) in [5.41, 5.74) is 1.51. The number of aliphatic hydroxyl groups excluding tert-OH is 1. The van der Waals surface area contributed by atoms with Crippen LogP contribution in [-0.2, 0) is 13.5 Å². The summed E-state index contributed by atoms with van der Waals surface area (Å²) in [5.74, 6) is 0.512. The molecule has 0 radical (unpaired) electrons. The van der Waals surface area contributed by atoms with Crippen molar-refractivity contribution in [1.82, 2.24) is 25.2 Å². The first-order valence-corrected chi connectivity index (χ1v) is 4.99. The second kappa shape index (κ2) is 4.36. The molecule has 0 saturated heterocycles. The summed E-state index contributed by atoms with van der Waals surface area (Å²) >= 11 is 0. The highest BCUT2D eigenvalue weighted by Gasteiger charge is 2.13. The van der Waals surface area contributed by atoms with Crippen molar-refractivity contribution in [2.24, 2.45) is 7.05 Å². The first-order chi connectivity index (χ1) is 7.65. The lowest BCUT2D eigenvalue weighted by molar-refractivity contribution is 0.170. The zero-order valence-electron chi connectivity index (χ0n) is 9.20. The lowest BCUT2D eigenvalue weighted by atomic mass is 10.1. The van der Waals surface area contributed by atoms with Crippen LogP contribution in [-0.4, -0.2) is 30.3 Å². The lowest BCUT2D eigenvalue weighted by Gasteiger charge is -2.07. The van der Waals surface area contributed by atoms with Gasteiger partial charge in [-0.1, -0.05) is 6.07 Å². The number of nitrogens with zero attached hydrogens (tertiary/aromatic N) is 5. The van der Waals surface area contributed by atoms with Crippen LogP contribution in [0.3, 0.4) is 0 Å². The highest BCUT2D eigenvalue weighted by molar-refractivity contribution is 5.12. The maximum absolute atomic E-state index is 9.93. The van der Waals surface area contributed by atoms with E-state index in [9.17, 15) is 5.11 Å². The molecule has 0 spiro atoms. The molecule has 0 bridgehead atoms. The van der Waals surface area contributed by atoms with Crippen molar-refractivity contribution in [3.05, 3.63) is 35.4 Å². The predicted molar refractivity (Wildman–Crippen MR) is 56.4 cm³/mol. The van der Waals surface area contributed by atoms with Crippen molar-refractivity contribution < 1.29 is 5.11 Å². The molecule has 2 aromatic heterocycles. The van der Waals surface area contributed by atoms with Crippen LogP contribution in [0.25, 0.3) is 0 Å². The third-order valence-electron chi connectivity index (χ3n) is 2.18. The van der Waals surface area contributed by atoms with Gasteiger partial charge in [-0.05, 0) is 24.3 Å². The van der Waals surface area contributed by atoms with Crippen molar-refractivity contribution in [3.63, 3.8) is 0 Å². The Kier molecular flexibility index (Phi) is 2.91. The van der Waals surface area contributed by atoms with Gasteiger partial charge in [-0.3, -0.25) is 4.98 Å². The predicted octanol–water partition coefficient (Wildman–Crippen LogP) is 0.190. The molecule has 6 nitrogen and oxygen atoms in total. The van der Waals surface area contributed by atoms with Gasteiger partial charge in [0.2, 0.25) is 0 Å². The highest BCUT2D eigenvalue weighted by Crippen LogP contribution is 2.13. The molecular weight excluding hydrogens is 206 g/mol. The molecule has 0 aliphatic carbocycles. The second-order valence-corrected chi connectivity index (χ2v) is 3.62. The molecule has 2 rings (SSSR count). The number of aryl methyl sites for hydroxylation is 2. The third-order valence-corrected chi connectivity index (χ3v) is 2.18. The Bertz CT molecular complexity index is 482. The number of tetrazole rings is 1. The minimum absolute atomic E-state index is 0.324. The average molecular weight is 219 g/mol. The van der Waals surface area contributed by atoms with Gasteiger partial charge in [-0.15, -0.1) is 10.2 Å². The van der Waals surface area contributed by atoms with Gasteiger partial charge < -0.3 is 5.11 Å². The standard InChI is InChI=1S/C10H13N5O/c1-7-4-3-5-8(11-7)9(16)6-10-12-14-15(2)13-10/h3-5,9,16H,6H2,1-2H3. The summed E-state index contributed by atoms with van der Waals surface area (Å²) < 4.78 is 0. The highest BCUT2D eigenvalue weighted by atomic mass is 16.3. The summed E-state index contributed by atoms with van der Waals surface area (Å²) in [5, 5.41) is 21.5. The van der Waals surface area contributed by atoms with Crippen LogP contribution >= 0.6 is 0 Å². The molecule has 1 N–H and O–H groups in total. The Morgan fingerprint density at radius 3 is 2.88 bits per heavy atom. The Hall–Kier alpha value is -1.82. The fourth-order valence-electron chi connectivity index (χ4n) is 1.43. The average Bonchev–Trinajstić information content (AvgIpc) is 2.64. The molecule has 0 aromatic carbocycles. The van der Waals surface area contributed by atoms with Crippen molar-refractivity contribution in [3.8, 4) is 0 Å². The lowest BCUT2D eigenvalue weighted by Crippen LogP contribution is -2.06. The van der Waals surface area contributed by atoms with Crippen LogP contribution in [0.1, 0.15) is 23.3 Å². The third kappa shape index (κ3) is 2.40. The maximum atomic E-state index is 9.93. The number of hydrogen-bond donors (Lipinski definition) is 1. The molecular formula is C10H13N5O. The second-order valence-electron chi connectivity index (χ2n) is 3.62. The van der Waals surface area contributed by atoms with Crippen LogP contribution in [0.5, 0.6) is 0 Å². The Morgan fingerprint density at radius 1 is 1.44 bits per heavy atom. The Morgan fingerprint density at radius 2 is 2.25 bits per heavy atom. The Labute approximate surface area is 92.9 Å². The number of aromatic nitrogens is 5. The molecule has 2 aromatic rings. The van der Waals surface area contributed by atoms with E-state index >= 15 is 0 Å². The monoisotopic (exact) mass is 219 g/mol. The fraction of sp³-hybridized carbons (Fsp3) is 0.400. The van der Waals surface area contributed by atoms with Gasteiger partial charge in [0.25, 0.3) is 0 Å². The molecule has 0 amide bonds. The zero-order valence-corrected chi connectivity index (χ0v) is 9.20. The molecule has 84 valence electrons. The quantitative estimate of drug-likeness (QED) is 0.797. The van der Waals surface area contributed by atoms with E-state index in [1.54, 1.807) is 13.1 Å². The van der Waals surface area contributed by atoms with E-state index in [0.29, 0.717) is 17.9 Å². The van der Waals surface area contributed by atoms with E-state index < -0.39 is 6.10 Å².